The lowest BCUT2D eigenvalue weighted by Gasteiger charge is -2.03. The highest BCUT2D eigenvalue weighted by molar-refractivity contribution is 7.20. The number of rotatable bonds is 4. The van der Waals surface area contributed by atoms with Crippen LogP contribution in [0.5, 0.6) is 0 Å². The Morgan fingerprint density at radius 2 is 2.19 bits per heavy atom. The molecule has 6 heteroatoms. The summed E-state index contributed by atoms with van der Waals surface area (Å²) < 4.78 is 0. The molecule has 16 heavy (non-hydrogen) atoms. The van der Waals surface area contributed by atoms with Gasteiger partial charge in [0.15, 0.2) is 5.01 Å². The molecule has 0 spiro atoms. The van der Waals surface area contributed by atoms with Crippen molar-refractivity contribution in [1.29, 1.82) is 0 Å². The largest absolute Gasteiger partial charge is 0.308 e. The van der Waals surface area contributed by atoms with Crippen LogP contribution >= 0.6 is 22.7 Å². The van der Waals surface area contributed by atoms with Crippen molar-refractivity contribution in [3.63, 3.8) is 0 Å². The van der Waals surface area contributed by atoms with Crippen molar-refractivity contribution in [3.05, 3.63) is 16.2 Å². The van der Waals surface area contributed by atoms with Gasteiger partial charge < -0.3 is 5.32 Å². The minimum Gasteiger partial charge on any atom is -0.308 e. The lowest BCUT2D eigenvalue weighted by atomic mass is 10.4. The Labute approximate surface area is 103 Å². The Balaban J connectivity index is 2.11. The van der Waals surface area contributed by atoms with Gasteiger partial charge in [-0.2, -0.15) is 0 Å². The minimum atomic E-state index is 0.470. The van der Waals surface area contributed by atoms with Crippen LogP contribution in [0.1, 0.15) is 24.5 Å². The highest BCUT2D eigenvalue weighted by Crippen LogP contribution is 2.29. The highest BCUT2D eigenvalue weighted by Gasteiger charge is 2.11. The van der Waals surface area contributed by atoms with Gasteiger partial charge in [0, 0.05) is 12.6 Å². The fourth-order valence-electron chi connectivity index (χ4n) is 1.22. The summed E-state index contributed by atoms with van der Waals surface area (Å²) in [6.07, 6.45) is 0. The first-order valence-electron chi connectivity index (χ1n) is 5.13. The first kappa shape index (κ1) is 11.6. The number of hydrogen-bond donors (Lipinski definition) is 1. The molecular weight excluding hydrogens is 240 g/mol. The summed E-state index contributed by atoms with van der Waals surface area (Å²) >= 11 is 3.25. The zero-order chi connectivity index (χ0) is 11.5. The van der Waals surface area contributed by atoms with Crippen molar-refractivity contribution in [2.75, 3.05) is 0 Å². The maximum Gasteiger partial charge on any atom is 0.159 e. The van der Waals surface area contributed by atoms with E-state index < -0.39 is 0 Å². The number of nitrogens with zero attached hydrogens (tertiary/aromatic N) is 3. The normalized spacial score (nSPS) is 11.2. The lowest BCUT2D eigenvalue weighted by molar-refractivity contribution is 0.585. The van der Waals surface area contributed by atoms with Gasteiger partial charge in [-0.25, -0.2) is 4.98 Å². The molecule has 1 N–H and O–H groups in total. The molecule has 2 aromatic heterocycles. The number of nitrogens with one attached hydrogen (secondary N) is 1. The van der Waals surface area contributed by atoms with Crippen LogP contribution < -0.4 is 5.32 Å². The lowest BCUT2D eigenvalue weighted by Crippen LogP contribution is -2.21. The van der Waals surface area contributed by atoms with Crippen LogP contribution in [0.25, 0.3) is 9.88 Å². The molecule has 0 unspecified atom stereocenters. The molecule has 0 aromatic carbocycles. The van der Waals surface area contributed by atoms with E-state index in [1.807, 2.05) is 12.4 Å². The van der Waals surface area contributed by atoms with E-state index in [2.05, 4.69) is 34.3 Å². The minimum absolute atomic E-state index is 0.470. The summed E-state index contributed by atoms with van der Waals surface area (Å²) in [6, 6.07) is 0.470. The number of hydrogen-bond acceptors (Lipinski definition) is 6. The summed E-state index contributed by atoms with van der Waals surface area (Å²) in [5.41, 5.74) is 2.88. The van der Waals surface area contributed by atoms with Gasteiger partial charge in [0.1, 0.15) is 5.01 Å². The number of aromatic nitrogens is 3. The third-order valence-electron chi connectivity index (χ3n) is 2.07. The topological polar surface area (TPSA) is 50.7 Å². The van der Waals surface area contributed by atoms with Crippen LogP contribution in [-0.2, 0) is 6.54 Å². The summed E-state index contributed by atoms with van der Waals surface area (Å²) in [4.78, 5) is 5.35. The predicted molar refractivity (Wildman–Crippen MR) is 67.7 cm³/mol. The molecule has 0 aliphatic carbocycles. The third kappa shape index (κ3) is 2.63. The Bertz CT molecular complexity index is 461. The van der Waals surface area contributed by atoms with Gasteiger partial charge in [0.2, 0.25) is 0 Å². The van der Waals surface area contributed by atoms with E-state index in [1.54, 1.807) is 22.7 Å². The first-order valence-corrected chi connectivity index (χ1v) is 6.82. The molecule has 86 valence electrons. The van der Waals surface area contributed by atoms with E-state index in [9.17, 15) is 0 Å². The fourth-order valence-corrected chi connectivity index (χ4v) is 2.95. The van der Waals surface area contributed by atoms with Crippen molar-refractivity contribution in [1.82, 2.24) is 20.5 Å². The molecule has 4 nitrogen and oxygen atoms in total. The molecule has 2 heterocycles. The number of thiazole rings is 1. The van der Waals surface area contributed by atoms with Crippen LogP contribution in [0.2, 0.25) is 0 Å². The zero-order valence-electron chi connectivity index (χ0n) is 9.52. The van der Waals surface area contributed by atoms with E-state index in [-0.39, 0.29) is 0 Å². The molecule has 0 aliphatic heterocycles. The van der Waals surface area contributed by atoms with Gasteiger partial charge in [-0.15, -0.1) is 21.5 Å². The zero-order valence-corrected chi connectivity index (χ0v) is 11.2. The van der Waals surface area contributed by atoms with Crippen molar-refractivity contribution in [2.45, 2.75) is 33.4 Å². The Hall–Kier alpha value is -0.850. The Kier molecular flexibility index (Phi) is 3.63. The van der Waals surface area contributed by atoms with Crippen molar-refractivity contribution >= 4 is 22.7 Å². The smallest absolute Gasteiger partial charge is 0.159 e. The van der Waals surface area contributed by atoms with Crippen molar-refractivity contribution < 1.29 is 0 Å². The molecule has 2 rings (SSSR count). The van der Waals surface area contributed by atoms with Gasteiger partial charge >= 0.3 is 0 Å². The molecule has 0 saturated carbocycles. The van der Waals surface area contributed by atoms with Gasteiger partial charge in [-0.3, -0.25) is 0 Å². The third-order valence-corrected chi connectivity index (χ3v) is 4.07. The second-order valence-electron chi connectivity index (χ2n) is 3.80. The first-order chi connectivity index (χ1) is 7.66. The second kappa shape index (κ2) is 4.99. The monoisotopic (exact) mass is 254 g/mol. The molecular formula is C10H14N4S2. The van der Waals surface area contributed by atoms with E-state index in [0.29, 0.717) is 6.04 Å². The molecule has 0 saturated heterocycles. The van der Waals surface area contributed by atoms with Crippen LogP contribution in [0.4, 0.5) is 0 Å². The molecule has 0 radical (unpaired) electrons. The van der Waals surface area contributed by atoms with Gasteiger partial charge in [0.25, 0.3) is 0 Å². The Morgan fingerprint density at radius 1 is 1.38 bits per heavy atom. The second-order valence-corrected chi connectivity index (χ2v) is 5.72. The molecule has 0 aliphatic rings. The van der Waals surface area contributed by atoms with E-state index in [4.69, 9.17) is 0 Å². The predicted octanol–water partition coefficient (Wildman–Crippen LogP) is 2.47. The highest BCUT2D eigenvalue weighted by atomic mass is 32.1. The summed E-state index contributed by atoms with van der Waals surface area (Å²) in [6.45, 7) is 7.02. The van der Waals surface area contributed by atoms with Gasteiger partial charge in [-0.1, -0.05) is 25.2 Å². The van der Waals surface area contributed by atoms with E-state index in [0.717, 1.165) is 27.1 Å². The average Bonchev–Trinajstić information content (AvgIpc) is 2.83. The molecule has 0 atom stereocenters. The standard InChI is InChI=1S/C10H14N4S2/c1-6(2)11-4-8-13-14-10(16-8)9-7(3)12-5-15-9/h5-6,11H,4H2,1-3H3. The maximum atomic E-state index is 4.22. The molecule has 2 aromatic rings. The average molecular weight is 254 g/mol. The van der Waals surface area contributed by atoms with Crippen LogP contribution in [0.3, 0.4) is 0 Å². The summed E-state index contributed by atoms with van der Waals surface area (Å²) in [5, 5.41) is 13.7. The molecule has 0 bridgehead atoms. The quantitative estimate of drug-likeness (QED) is 0.910. The van der Waals surface area contributed by atoms with Crippen LogP contribution in [0, 0.1) is 6.92 Å². The van der Waals surface area contributed by atoms with Crippen LogP contribution in [-0.4, -0.2) is 21.2 Å². The maximum absolute atomic E-state index is 4.22. The van der Waals surface area contributed by atoms with Gasteiger partial charge in [-0.05, 0) is 6.92 Å². The fraction of sp³-hybridized carbons (Fsp3) is 0.500. The number of aryl methyl sites for hydroxylation is 1. The molecule has 0 amide bonds. The molecule has 0 fully saturated rings. The summed E-state index contributed by atoms with van der Waals surface area (Å²) in [7, 11) is 0. The SMILES string of the molecule is Cc1ncsc1-c1nnc(CNC(C)C)s1. The van der Waals surface area contributed by atoms with E-state index >= 15 is 0 Å². The van der Waals surface area contributed by atoms with Crippen LogP contribution in [0.15, 0.2) is 5.51 Å². The van der Waals surface area contributed by atoms with E-state index in [1.165, 1.54) is 0 Å². The Morgan fingerprint density at radius 3 is 2.81 bits per heavy atom. The van der Waals surface area contributed by atoms with Gasteiger partial charge in [0.05, 0.1) is 16.1 Å². The van der Waals surface area contributed by atoms with Crippen molar-refractivity contribution in [2.24, 2.45) is 0 Å². The summed E-state index contributed by atoms with van der Waals surface area (Å²) in [5.74, 6) is 0. The van der Waals surface area contributed by atoms with Crippen molar-refractivity contribution in [3.8, 4) is 9.88 Å².